The molecule has 35 heavy (non-hydrogen) atoms. The van der Waals surface area contributed by atoms with Crippen LogP contribution in [0.5, 0.6) is 0 Å². The number of fused-ring (bicyclic) bond motifs is 3. The summed E-state index contributed by atoms with van der Waals surface area (Å²) in [4.78, 5) is 21.3. The van der Waals surface area contributed by atoms with Crippen LogP contribution in [0, 0.1) is 26.1 Å². The molecule has 0 bridgehead atoms. The molecule has 3 atom stereocenters. The van der Waals surface area contributed by atoms with Gasteiger partial charge in [-0.05, 0) is 60.2 Å². The average molecular weight is 470 g/mol. The molecule has 1 aliphatic heterocycles. The van der Waals surface area contributed by atoms with Crippen molar-refractivity contribution in [3.05, 3.63) is 116 Å². The first-order chi connectivity index (χ1) is 16.9. The van der Waals surface area contributed by atoms with Crippen LogP contribution in [0.2, 0.25) is 0 Å². The summed E-state index contributed by atoms with van der Waals surface area (Å²) in [6.07, 6.45) is 5.30. The topological polar surface area (TPSA) is 123 Å². The van der Waals surface area contributed by atoms with E-state index in [-0.39, 0.29) is 34.2 Å². The predicted molar refractivity (Wildman–Crippen MR) is 135 cm³/mol. The van der Waals surface area contributed by atoms with Crippen molar-refractivity contribution >= 4 is 28.5 Å². The SMILES string of the molecule is C/C(=N\Nc1ccc([N+](=O)[O-])cc1)c1ccc2c(c1)[C@@H]1C=CC[C@@H]1[C@@H](c1cccc([N+](=O)[O-])c1)N2. The summed E-state index contributed by atoms with van der Waals surface area (Å²) in [6, 6.07) is 19.1. The second-order valence-electron chi connectivity index (χ2n) is 8.74. The molecule has 176 valence electrons. The van der Waals surface area contributed by atoms with Gasteiger partial charge in [0.15, 0.2) is 0 Å². The van der Waals surface area contributed by atoms with Crippen LogP contribution >= 0.6 is 0 Å². The Balaban J connectivity index is 1.39. The van der Waals surface area contributed by atoms with Crippen LogP contribution in [0.3, 0.4) is 0 Å². The highest BCUT2D eigenvalue weighted by Gasteiger charge is 2.38. The highest BCUT2D eigenvalue weighted by atomic mass is 16.6. The van der Waals surface area contributed by atoms with Gasteiger partial charge in [0, 0.05) is 35.9 Å². The number of nitro benzene ring substituents is 2. The number of allylic oxidation sites excluding steroid dienone is 2. The molecule has 0 aromatic heterocycles. The Morgan fingerprint density at radius 3 is 2.51 bits per heavy atom. The van der Waals surface area contributed by atoms with Gasteiger partial charge >= 0.3 is 0 Å². The molecule has 5 rings (SSSR count). The van der Waals surface area contributed by atoms with Crippen LogP contribution < -0.4 is 10.7 Å². The van der Waals surface area contributed by atoms with Crippen molar-refractivity contribution in [3.63, 3.8) is 0 Å². The Labute approximate surface area is 201 Å². The van der Waals surface area contributed by atoms with Crippen LogP contribution in [-0.2, 0) is 0 Å². The van der Waals surface area contributed by atoms with Gasteiger partial charge in [0.1, 0.15) is 0 Å². The van der Waals surface area contributed by atoms with Gasteiger partial charge in [0.25, 0.3) is 11.4 Å². The lowest BCUT2D eigenvalue weighted by Crippen LogP contribution is -2.29. The maximum Gasteiger partial charge on any atom is 0.269 e. The number of benzene rings is 3. The summed E-state index contributed by atoms with van der Waals surface area (Å²) >= 11 is 0. The summed E-state index contributed by atoms with van der Waals surface area (Å²) in [5.74, 6) is 0.459. The normalized spacial score (nSPS) is 20.5. The highest BCUT2D eigenvalue weighted by molar-refractivity contribution is 5.99. The monoisotopic (exact) mass is 469 g/mol. The van der Waals surface area contributed by atoms with Crippen molar-refractivity contribution in [2.24, 2.45) is 11.0 Å². The number of hydrogen-bond donors (Lipinski definition) is 2. The molecule has 0 radical (unpaired) electrons. The van der Waals surface area contributed by atoms with Crippen molar-refractivity contribution in [2.75, 3.05) is 10.7 Å². The lowest BCUT2D eigenvalue weighted by Gasteiger charge is -2.37. The average Bonchev–Trinajstić information content (AvgIpc) is 3.37. The van der Waals surface area contributed by atoms with E-state index in [1.165, 1.54) is 23.8 Å². The maximum absolute atomic E-state index is 11.3. The van der Waals surface area contributed by atoms with E-state index in [0.29, 0.717) is 5.69 Å². The third kappa shape index (κ3) is 4.35. The Kier molecular flexibility index (Phi) is 5.74. The molecule has 0 saturated carbocycles. The van der Waals surface area contributed by atoms with E-state index < -0.39 is 4.92 Å². The van der Waals surface area contributed by atoms with Crippen LogP contribution in [0.15, 0.2) is 84.0 Å². The summed E-state index contributed by atoms with van der Waals surface area (Å²) < 4.78 is 0. The Morgan fingerprint density at radius 1 is 1.00 bits per heavy atom. The molecule has 9 heteroatoms. The number of nitrogens with one attached hydrogen (secondary N) is 2. The zero-order valence-electron chi connectivity index (χ0n) is 18.9. The highest BCUT2D eigenvalue weighted by Crippen LogP contribution is 2.50. The van der Waals surface area contributed by atoms with Gasteiger partial charge in [-0.2, -0.15) is 5.10 Å². The molecule has 3 aromatic rings. The minimum atomic E-state index is -0.437. The summed E-state index contributed by atoms with van der Waals surface area (Å²) in [6.45, 7) is 1.91. The second kappa shape index (κ2) is 9.02. The molecule has 0 unspecified atom stereocenters. The van der Waals surface area contributed by atoms with Gasteiger partial charge < -0.3 is 5.32 Å². The largest absolute Gasteiger partial charge is 0.378 e. The van der Waals surface area contributed by atoms with E-state index in [4.69, 9.17) is 0 Å². The fourth-order valence-electron chi connectivity index (χ4n) is 4.85. The Hall–Kier alpha value is -4.53. The standard InChI is InChI=1S/C26H23N5O4/c1-16(28-29-19-9-11-20(12-10-19)30(32)33)17-8-13-25-24(15-17)22-6-3-7-23(22)26(27-25)18-4-2-5-21(14-18)31(34)35/h2-6,8-15,22-23,26-27,29H,7H2,1H3/b28-16+/t22-,23+,26-/m1/s1. The Bertz CT molecular complexity index is 1370. The summed E-state index contributed by atoms with van der Waals surface area (Å²) in [5.41, 5.74) is 8.59. The number of nitro groups is 2. The molecule has 0 saturated heterocycles. The third-order valence-electron chi connectivity index (χ3n) is 6.65. The van der Waals surface area contributed by atoms with Gasteiger partial charge in [-0.15, -0.1) is 0 Å². The van der Waals surface area contributed by atoms with Crippen LogP contribution in [0.4, 0.5) is 22.7 Å². The number of non-ortho nitro benzene ring substituents is 2. The third-order valence-corrected chi connectivity index (χ3v) is 6.65. The van der Waals surface area contributed by atoms with Crippen molar-refractivity contribution in [1.82, 2.24) is 0 Å². The van der Waals surface area contributed by atoms with E-state index in [0.717, 1.165) is 28.9 Å². The van der Waals surface area contributed by atoms with E-state index in [1.54, 1.807) is 24.3 Å². The van der Waals surface area contributed by atoms with E-state index in [1.807, 2.05) is 25.1 Å². The van der Waals surface area contributed by atoms with E-state index in [2.05, 4.69) is 34.1 Å². The minimum absolute atomic E-state index is 0.0215. The fourth-order valence-corrected chi connectivity index (χ4v) is 4.85. The molecular formula is C26H23N5O4. The number of hydrogen-bond acceptors (Lipinski definition) is 7. The zero-order chi connectivity index (χ0) is 24.5. The maximum atomic E-state index is 11.3. The molecule has 0 spiro atoms. The van der Waals surface area contributed by atoms with Gasteiger partial charge in [-0.3, -0.25) is 25.7 Å². The smallest absolute Gasteiger partial charge is 0.269 e. The van der Waals surface area contributed by atoms with E-state index in [9.17, 15) is 20.2 Å². The first kappa shape index (κ1) is 22.3. The van der Waals surface area contributed by atoms with Crippen LogP contribution in [0.25, 0.3) is 0 Å². The number of hydrazone groups is 1. The van der Waals surface area contributed by atoms with Gasteiger partial charge in [-0.1, -0.05) is 30.4 Å². The van der Waals surface area contributed by atoms with Crippen molar-refractivity contribution in [1.29, 1.82) is 0 Å². The molecule has 1 aliphatic carbocycles. The molecular weight excluding hydrogens is 446 g/mol. The first-order valence-corrected chi connectivity index (χ1v) is 11.3. The predicted octanol–water partition coefficient (Wildman–Crippen LogP) is 6.17. The zero-order valence-corrected chi connectivity index (χ0v) is 18.9. The molecule has 2 N–H and O–H groups in total. The lowest BCUT2D eigenvalue weighted by atomic mass is 9.76. The van der Waals surface area contributed by atoms with Crippen LogP contribution in [-0.4, -0.2) is 15.6 Å². The molecule has 2 aliphatic rings. The first-order valence-electron chi connectivity index (χ1n) is 11.3. The molecule has 9 nitrogen and oxygen atoms in total. The summed E-state index contributed by atoms with van der Waals surface area (Å²) in [7, 11) is 0. The van der Waals surface area contributed by atoms with Crippen molar-refractivity contribution in [2.45, 2.75) is 25.3 Å². The van der Waals surface area contributed by atoms with Crippen molar-refractivity contribution < 1.29 is 9.85 Å². The van der Waals surface area contributed by atoms with E-state index >= 15 is 0 Å². The fraction of sp³-hybridized carbons (Fsp3) is 0.192. The number of anilines is 2. The molecule has 3 aromatic carbocycles. The molecule has 0 amide bonds. The lowest BCUT2D eigenvalue weighted by molar-refractivity contribution is -0.385. The van der Waals surface area contributed by atoms with Crippen molar-refractivity contribution in [3.8, 4) is 0 Å². The molecule has 0 fully saturated rings. The Morgan fingerprint density at radius 2 is 1.77 bits per heavy atom. The number of rotatable bonds is 6. The quantitative estimate of drug-likeness (QED) is 0.193. The minimum Gasteiger partial charge on any atom is -0.378 e. The second-order valence-corrected chi connectivity index (χ2v) is 8.74. The molecule has 1 heterocycles. The van der Waals surface area contributed by atoms with Gasteiger partial charge in [0.2, 0.25) is 0 Å². The van der Waals surface area contributed by atoms with Gasteiger partial charge in [0.05, 0.1) is 27.3 Å². The van der Waals surface area contributed by atoms with Crippen LogP contribution in [0.1, 0.15) is 42.0 Å². The van der Waals surface area contributed by atoms with Gasteiger partial charge in [-0.25, -0.2) is 0 Å². The number of nitrogens with zero attached hydrogens (tertiary/aromatic N) is 3. The summed E-state index contributed by atoms with van der Waals surface area (Å²) in [5, 5.41) is 30.2.